The van der Waals surface area contributed by atoms with E-state index in [1.54, 1.807) is 31.2 Å². The summed E-state index contributed by atoms with van der Waals surface area (Å²) in [5.74, 6) is -0.256. The molecule has 1 rings (SSSR count). The lowest BCUT2D eigenvalue weighted by atomic mass is 10.1. The molecule has 0 aromatic heterocycles. The van der Waals surface area contributed by atoms with E-state index < -0.39 is 18.9 Å². The highest BCUT2D eigenvalue weighted by Crippen LogP contribution is 2.12. The Balaban J connectivity index is 2.88. The first-order valence-electron chi connectivity index (χ1n) is 5.25. The van der Waals surface area contributed by atoms with Crippen molar-refractivity contribution in [1.29, 1.82) is 0 Å². The number of hydrogen-bond donors (Lipinski definition) is 0. The number of rotatable bonds is 5. The normalized spacial score (nSPS) is 10.6. The molecule has 1 aromatic carbocycles. The van der Waals surface area contributed by atoms with Gasteiger partial charge >= 0.3 is 0 Å². The van der Waals surface area contributed by atoms with Gasteiger partial charge in [0.15, 0.2) is 0 Å². The molecule has 0 bridgehead atoms. The second-order valence-electron chi connectivity index (χ2n) is 3.65. The van der Waals surface area contributed by atoms with Crippen molar-refractivity contribution in [2.45, 2.75) is 13.3 Å². The maximum Gasteiger partial charge on any atom is 0.255 e. The van der Waals surface area contributed by atoms with Crippen LogP contribution in [0.5, 0.6) is 0 Å². The fraction of sp³-hybridized carbons (Fsp3) is 0.417. The SMILES string of the molecule is Cc1ccccc1C(=O)N(CCCl)CC(F)F. The van der Waals surface area contributed by atoms with Gasteiger partial charge in [0.2, 0.25) is 0 Å². The summed E-state index contributed by atoms with van der Waals surface area (Å²) in [7, 11) is 0. The number of nitrogens with zero attached hydrogens (tertiary/aromatic N) is 1. The largest absolute Gasteiger partial charge is 0.332 e. The van der Waals surface area contributed by atoms with Crippen LogP contribution in [0.3, 0.4) is 0 Å². The van der Waals surface area contributed by atoms with Crippen LogP contribution < -0.4 is 0 Å². The lowest BCUT2D eigenvalue weighted by Gasteiger charge is -2.22. The third kappa shape index (κ3) is 3.97. The van der Waals surface area contributed by atoms with Gasteiger partial charge in [0.25, 0.3) is 12.3 Å². The van der Waals surface area contributed by atoms with E-state index in [1.165, 1.54) is 0 Å². The van der Waals surface area contributed by atoms with Gasteiger partial charge in [-0.05, 0) is 18.6 Å². The average Bonchev–Trinajstić information content (AvgIpc) is 2.28. The van der Waals surface area contributed by atoms with Crippen molar-refractivity contribution >= 4 is 17.5 Å². The Kier molecular flexibility index (Phi) is 5.35. The molecule has 0 fully saturated rings. The lowest BCUT2D eigenvalue weighted by Crippen LogP contribution is -2.36. The molecule has 0 heterocycles. The van der Waals surface area contributed by atoms with Gasteiger partial charge < -0.3 is 4.90 Å². The Bertz CT molecular complexity index is 385. The van der Waals surface area contributed by atoms with Gasteiger partial charge in [-0.15, -0.1) is 11.6 Å². The Morgan fingerprint density at radius 3 is 2.59 bits per heavy atom. The molecule has 5 heteroatoms. The standard InChI is InChI=1S/C12H14ClF2NO/c1-9-4-2-3-5-10(9)12(17)16(7-6-13)8-11(14)15/h2-5,11H,6-8H2,1H3. The third-order valence-corrected chi connectivity index (χ3v) is 2.54. The fourth-order valence-corrected chi connectivity index (χ4v) is 1.73. The zero-order valence-corrected chi connectivity index (χ0v) is 10.3. The van der Waals surface area contributed by atoms with Crippen LogP contribution in [0, 0.1) is 6.92 Å². The van der Waals surface area contributed by atoms with Crippen molar-refractivity contribution in [2.75, 3.05) is 19.0 Å². The van der Waals surface area contributed by atoms with Gasteiger partial charge in [-0.1, -0.05) is 18.2 Å². The van der Waals surface area contributed by atoms with Crippen LogP contribution in [-0.2, 0) is 0 Å². The summed E-state index contributed by atoms with van der Waals surface area (Å²) in [6, 6.07) is 6.91. The number of alkyl halides is 3. The van der Waals surface area contributed by atoms with Crippen molar-refractivity contribution in [3.05, 3.63) is 35.4 Å². The predicted octanol–water partition coefficient (Wildman–Crippen LogP) is 2.94. The van der Waals surface area contributed by atoms with E-state index in [4.69, 9.17) is 11.6 Å². The minimum atomic E-state index is -2.55. The van der Waals surface area contributed by atoms with Gasteiger partial charge in [-0.2, -0.15) is 0 Å². The summed E-state index contributed by atoms with van der Waals surface area (Å²) in [6.45, 7) is 1.31. The molecule has 0 radical (unpaired) electrons. The predicted molar refractivity (Wildman–Crippen MR) is 63.8 cm³/mol. The van der Waals surface area contributed by atoms with E-state index >= 15 is 0 Å². The number of benzene rings is 1. The zero-order chi connectivity index (χ0) is 12.8. The summed E-state index contributed by atoms with van der Waals surface area (Å²) in [6.07, 6.45) is -2.55. The summed E-state index contributed by atoms with van der Waals surface area (Å²) in [5.41, 5.74) is 1.21. The molecule has 0 unspecified atom stereocenters. The van der Waals surface area contributed by atoms with Crippen molar-refractivity contribution < 1.29 is 13.6 Å². The number of hydrogen-bond acceptors (Lipinski definition) is 1. The molecule has 0 saturated carbocycles. The Hall–Kier alpha value is -1.16. The first-order chi connectivity index (χ1) is 8.06. The highest BCUT2D eigenvalue weighted by atomic mass is 35.5. The summed E-state index contributed by atoms with van der Waals surface area (Å²) in [4.78, 5) is 13.1. The van der Waals surface area contributed by atoms with E-state index in [-0.39, 0.29) is 12.4 Å². The molecule has 0 atom stereocenters. The summed E-state index contributed by atoms with van der Waals surface area (Å²) < 4.78 is 24.7. The molecule has 1 aromatic rings. The van der Waals surface area contributed by atoms with Crippen LogP contribution in [0.2, 0.25) is 0 Å². The summed E-state index contributed by atoms with van der Waals surface area (Å²) in [5, 5.41) is 0. The third-order valence-electron chi connectivity index (χ3n) is 2.38. The quantitative estimate of drug-likeness (QED) is 0.747. The van der Waals surface area contributed by atoms with Crippen LogP contribution in [0.4, 0.5) is 8.78 Å². The van der Waals surface area contributed by atoms with Crippen molar-refractivity contribution in [3.8, 4) is 0 Å². The number of amides is 1. The molecule has 0 aliphatic carbocycles. The van der Waals surface area contributed by atoms with Crippen molar-refractivity contribution in [1.82, 2.24) is 4.90 Å². The van der Waals surface area contributed by atoms with E-state index in [9.17, 15) is 13.6 Å². The van der Waals surface area contributed by atoms with E-state index in [0.29, 0.717) is 5.56 Å². The Morgan fingerprint density at radius 2 is 2.06 bits per heavy atom. The van der Waals surface area contributed by atoms with E-state index in [1.807, 2.05) is 0 Å². The molecule has 0 N–H and O–H groups in total. The van der Waals surface area contributed by atoms with Gasteiger partial charge in [0.05, 0.1) is 6.54 Å². The van der Waals surface area contributed by atoms with E-state index in [2.05, 4.69) is 0 Å². The minimum absolute atomic E-state index is 0.124. The minimum Gasteiger partial charge on any atom is -0.332 e. The van der Waals surface area contributed by atoms with Crippen LogP contribution >= 0.6 is 11.6 Å². The van der Waals surface area contributed by atoms with Crippen molar-refractivity contribution in [3.63, 3.8) is 0 Å². The molecule has 0 aliphatic rings. The molecule has 1 amide bonds. The molecule has 0 aliphatic heterocycles. The molecule has 2 nitrogen and oxygen atoms in total. The lowest BCUT2D eigenvalue weighted by molar-refractivity contribution is 0.0570. The average molecular weight is 262 g/mol. The van der Waals surface area contributed by atoms with Crippen LogP contribution in [0.15, 0.2) is 24.3 Å². The van der Waals surface area contributed by atoms with Crippen molar-refractivity contribution in [2.24, 2.45) is 0 Å². The van der Waals surface area contributed by atoms with Crippen LogP contribution in [0.25, 0.3) is 0 Å². The first-order valence-corrected chi connectivity index (χ1v) is 5.78. The monoisotopic (exact) mass is 261 g/mol. The molecular formula is C12H14ClF2NO. The molecule has 0 saturated heterocycles. The molecular weight excluding hydrogens is 248 g/mol. The number of aryl methyl sites for hydroxylation is 1. The maximum absolute atomic E-state index is 12.3. The molecule has 94 valence electrons. The molecule has 17 heavy (non-hydrogen) atoms. The highest BCUT2D eigenvalue weighted by Gasteiger charge is 2.20. The van der Waals surface area contributed by atoms with Crippen LogP contribution in [-0.4, -0.2) is 36.2 Å². The topological polar surface area (TPSA) is 20.3 Å². The summed E-state index contributed by atoms with van der Waals surface area (Å²) >= 11 is 5.51. The fourth-order valence-electron chi connectivity index (χ4n) is 1.53. The van der Waals surface area contributed by atoms with Gasteiger partial charge in [0, 0.05) is 18.0 Å². The zero-order valence-electron chi connectivity index (χ0n) is 9.50. The second kappa shape index (κ2) is 6.55. The maximum atomic E-state index is 12.3. The van der Waals surface area contributed by atoms with E-state index in [0.717, 1.165) is 10.5 Å². The van der Waals surface area contributed by atoms with Crippen LogP contribution in [0.1, 0.15) is 15.9 Å². The number of carbonyl (C=O) groups is 1. The second-order valence-corrected chi connectivity index (χ2v) is 4.02. The number of carbonyl (C=O) groups excluding carboxylic acids is 1. The number of halogens is 3. The molecule has 0 spiro atoms. The van der Waals surface area contributed by atoms with Gasteiger partial charge in [-0.25, -0.2) is 8.78 Å². The van der Waals surface area contributed by atoms with Gasteiger partial charge in [-0.3, -0.25) is 4.79 Å². The first kappa shape index (κ1) is 13.9. The highest BCUT2D eigenvalue weighted by molar-refractivity contribution is 6.18. The Labute approximate surface area is 104 Å². The smallest absolute Gasteiger partial charge is 0.255 e. The van der Waals surface area contributed by atoms with Gasteiger partial charge in [0.1, 0.15) is 0 Å². The Morgan fingerprint density at radius 1 is 1.41 bits per heavy atom.